The molecule has 1 heterocycles. The van der Waals surface area contributed by atoms with Gasteiger partial charge in [-0.2, -0.15) is 0 Å². The molecule has 1 aromatic heterocycles. The molecule has 0 amide bonds. The van der Waals surface area contributed by atoms with Gasteiger partial charge in [0.05, 0.1) is 15.6 Å². The van der Waals surface area contributed by atoms with Gasteiger partial charge in [0.1, 0.15) is 0 Å². The standard InChI is InChI=1S/C13H9BrFNO2/c1-2-5-16-6-9(11(18)7-17)8-3-4-10(14)12(15)13(8)16/h2-4,6-7H,1,5H2. The second kappa shape index (κ2) is 4.86. The average Bonchev–Trinajstić information content (AvgIpc) is 2.73. The van der Waals surface area contributed by atoms with Crippen molar-refractivity contribution in [2.45, 2.75) is 6.54 Å². The minimum Gasteiger partial charge on any atom is -0.340 e. The van der Waals surface area contributed by atoms with Gasteiger partial charge in [0, 0.05) is 18.1 Å². The molecule has 1 aromatic carbocycles. The second-order valence-electron chi connectivity index (χ2n) is 3.72. The third-order valence-corrected chi connectivity index (χ3v) is 3.24. The quantitative estimate of drug-likeness (QED) is 0.377. The van der Waals surface area contributed by atoms with E-state index in [0.717, 1.165) is 0 Å². The van der Waals surface area contributed by atoms with Gasteiger partial charge < -0.3 is 4.57 Å². The number of Topliss-reactive ketones (excluding diaryl/α,β-unsaturated/α-hetero) is 1. The summed E-state index contributed by atoms with van der Waals surface area (Å²) in [6.45, 7) is 3.94. The molecular formula is C13H9BrFNO2. The van der Waals surface area contributed by atoms with Crippen LogP contribution in [0.4, 0.5) is 4.39 Å². The summed E-state index contributed by atoms with van der Waals surface area (Å²) in [5, 5.41) is 0.426. The summed E-state index contributed by atoms with van der Waals surface area (Å²) in [7, 11) is 0. The number of hydrogen-bond donors (Lipinski definition) is 0. The van der Waals surface area contributed by atoms with Crippen molar-refractivity contribution in [3.63, 3.8) is 0 Å². The van der Waals surface area contributed by atoms with E-state index >= 15 is 0 Å². The Morgan fingerprint density at radius 2 is 2.22 bits per heavy atom. The number of fused-ring (bicyclic) bond motifs is 1. The first kappa shape index (κ1) is 12.7. The summed E-state index contributed by atoms with van der Waals surface area (Å²) in [6.07, 6.45) is 3.29. The molecule has 92 valence electrons. The van der Waals surface area contributed by atoms with Gasteiger partial charge in [-0.05, 0) is 22.0 Å². The van der Waals surface area contributed by atoms with E-state index in [0.29, 0.717) is 16.4 Å². The number of nitrogens with zero attached hydrogens (tertiary/aromatic N) is 1. The Bertz CT molecular complexity index is 661. The number of ketones is 1. The summed E-state index contributed by atoms with van der Waals surface area (Å²) >= 11 is 3.10. The molecular weight excluding hydrogens is 301 g/mol. The van der Waals surface area contributed by atoms with Crippen LogP contribution >= 0.6 is 15.9 Å². The molecule has 2 rings (SSSR count). The SMILES string of the molecule is C=CCn1cc(C(=O)C=O)c2ccc(Br)c(F)c21. The number of hydrogen-bond acceptors (Lipinski definition) is 2. The van der Waals surface area contributed by atoms with Crippen LogP contribution < -0.4 is 0 Å². The van der Waals surface area contributed by atoms with E-state index in [4.69, 9.17) is 0 Å². The van der Waals surface area contributed by atoms with Crippen LogP contribution in [0.1, 0.15) is 10.4 Å². The van der Waals surface area contributed by atoms with E-state index in [1.165, 1.54) is 12.3 Å². The van der Waals surface area contributed by atoms with E-state index in [1.54, 1.807) is 16.7 Å². The lowest BCUT2D eigenvalue weighted by molar-refractivity contribution is -0.104. The third-order valence-electron chi connectivity index (χ3n) is 2.63. The number of allylic oxidation sites excluding steroid dienone is 1. The number of carbonyl (C=O) groups is 2. The zero-order valence-corrected chi connectivity index (χ0v) is 10.9. The summed E-state index contributed by atoms with van der Waals surface area (Å²) in [5.74, 6) is -1.12. The molecule has 0 fully saturated rings. The minimum absolute atomic E-state index is 0.202. The fourth-order valence-electron chi connectivity index (χ4n) is 1.87. The van der Waals surface area contributed by atoms with Crippen molar-refractivity contribution in [2.24, 2.45) is 0 Å². The highest BCUT2D eigenvalue weighted by Crippen LogP contribution is 2.29. The van der Waals surface area contributed by atoms with Crippen molar-refractivity contribution in [3.8, 4) is 0 Å². The molecule has 0 N–H and O–H groups in total. The van der Waals surface area contributed by atoms with Crippen molar-refractivity contribution < 1.29 is 14.0 Å². The van der Waals surface area contributed by atoms with Crippen molar-refractivity contribution >= 4 is 38.9 Å². The molecule has 0 aliphatic heterocycles. The number of halogens is 2. The van der Waals surface area contributed by atoms with Crippen molar-refractivity contribution in [1.82, 2.24) is 4.57 Å². The third kappa shape index (κ3) is 1.90. The molecule has 5 heteroatoms. The molecule has 2 aromatic rings. The number of benzene rings is 1. The average molecular weight is 310 g/mol. The van der Waals surface area contributed by atoms with Crippen LogP contribution in [0.15, 0.2) is 35.5 Å². The zero-order chi connectivity index (χ0) is 13.3. The van der Waals surface area contributed by atoms with Gasteiger partial charge in [0.2, 0.25) is 5.78 Å². The van der Waals surface area contributed by atoms with Gasteiger partial charge in [0.25, 0.3) is 0 Å². The van der Waals surface area contributed by atoms with Crippen LogP contribution in [0.3, 0.4) is 0 Å². The Morgan fingerprint density at radius 1 is 1.50 bits per heavy atom. The number of carbonyl (C=O) groups excluding carboxylic acids is 2. The fraction of sp³-hybridized carbons (Fsp3) is 0.0769. The maximum Gasteiger partial charge on any atom is 0.227 e. The Hall–Kier alpha value is -1.75. The number of aromatic nitrogens is 1. The maximum atomic E-state index is 14.1. The van der Waals surface area contributed by atoms with E-state index in [9.17, 15) is 14.0 Å². The minimum atomic E-state index is -0.662. The topological polar surface area (TPSA) is 39.1 Å². The zero-order valence-electron chi connectivity index (χ0n) is 9.32. The van der Waals surface area contributed by atoms with Gasteiger partial charge >= 0.3 is 0 Å². The molecule has 0 aliphatic carbocycles. The molecule has 0 saturated carbocycles. The highest BCUT2D eigenvalue weighted by molar-refractivity contribution is 9.10. The van der Waals surface area contributed by atoms with Gasteiger partial charge in [-0.3, -0.25) is 9.59 Å². The molecule has 0 atom stereocenters. The molecule has 0 saturated heterocycles. The van der Waals surface area contributed by atoms with Crippen molar-refractivity contribution in [2.75, 3.05) is 0 Å². The van der Waals surface area contributed by atoms with E-state index in [2.05, 4.69) is 22.5 Å². The first-order valence-electron chi connectivity index (χ1n) is 5.17. The van der Waals surface area contributed by atoms with Crippen LogP contribution in [0, 0.1) is 5.82 Å². The molecule has 18 heavy (non-hydrogen) atoms. The maximum absolute atomic E-state index is 14.1. The van der Waals surface area contributed by atoms with Gasteiger partial charge in [-0.1, -0.05) is 12.1 Å². The Balaban J connectivity index is 2.84. The lowest BCUT2D eigenvalue weighted by Gasteiger charge is -2.03. The van der Waals surface area contributed by atoms with Crippen LogP contribution in [-0.4, -0.2) is 16.6 Å². The number of rotatable bonds is 4. The molecule has 0 unspecified atom stereocenters. The highest BCUT2D eigenvalue weighted by atomic mass is 79.9. The Labute approximate surface area is 111 Å². The van der Waals surface area contributed by atoms with Gasteiger partial charge in [0.15, 0.2) is 12.1 Å². The van der Waals surface area contributed by atoms with Crippen molar-refractivity contribution in [3.05, 3.63) is 46.8 Å². The van der Waals surface area contributed by atoms with E-state index < -0.39 is 11.6 Å². The van der Waals surface area contributed by atoms with Crippen molar-refractivity contribution in [1.29, 1.82) is 0 Å². The van der Waals surface area contributed by atoms with Gasteiger partial charge in [-0.15, -0.1) is 6.58 Å². The van der Waals surface area contributed by atoms with Crippen LogP contribution in [0.5, 0.6) is 0 Å². The van der Waals surface area contributed by atoms with E-state index in [1.807, 2.05) is 0 Å². The number of aldehydes is 1. The van der Waals surface area contributed by atoms with Crippen LogP contribution in [0.2, 0.25) is 0 Å². The Morgan fingerprint density at radius 3 is 2.83 bits per heavy atom. The highest BCUT2D eigenvalue weighted by Gasteiger charge is 2.18. The van der Waals surface area contributed by atoms with Crippen LogP contribution in [0.25, 0.3) is 10.9 Å². The molecule has 0 aliphatic rings. The smallest absolute Gasteiger partial charge is 0.227 e. The van der Waals surface area contributed by atoms with Gasteiger partial charge in [-0.25, -0.2) is 4.39 Å². The predicted octanol–water partition coefficient (Wildman–Crippen LogP) is 3.11. The first-order chi connectivity index (χ1) is 8.60. The lowest BCUT2D eigenvalue weighted by atomic mass is 10.1. The normalized spacial score (nSPS) is 10.6. The largest absolute Gasteiger partial charge is 0.340 e. The first-order valence-corrected chi connectivity index (χ1v) is 5.96. The van der Waals surface area contributed by atoms with Crippen LogP contribution in [-0.2, 0) is 11.3 Å². The van der Waals surface area contributed by atoms with E-state index in [-0.39, 0.29) is 17.4 Å². The predicted molar refractivity (Wildman–Crippen MR) is 70.2 cm³/mol. The lowest BCUT2D eigenvalue weighted by Crippen LogP contribution is -1.98. The monoisotopic (exact) mass is 309 g/mol. The molecule has 0 bridgehead atoms. The second-order valence-corrected chi connectivity index (χ2v) is 4.58. The molecule has 0 spiro atoms. The Kier molecular flexibility index (Phi) is 3.43. The molecule has 0 radical (unpaired) electrons. The summed E-state index contributed by atoms with van der Waals surface area (Å²) in [4.78, 5) is 22.1. The summed E-state index contributed by atoms with van der Waals surface area (Å²) < 4.78 is 15.9. The summed E-state index contributed by atoms with van der Waals surface area (Å²) in [5.41, 5.74) is 0.489. The fourth-order valence-corrected chi connectivity index (χ4v) is 2.19. The summed E-state index contributed by atoms with van der Waals surface area (Å²) in [6, 6.07) is 3.12. The molecule has 3 nitrogen and oxygen atoms in total.